The lowest BCUT2D eigenvalue weighted by Crippen LogP contribution is -2.44. The van der Waals surface area contributed by atoms with Gasteiger partial charge in [0.1, 0.15) is 11.9 Å². The van der Waals surface area contributed by atoms with Crippen molar-refractivity contribution >= 4 is 11.7 Å². The van der Waals surface area contributed by atoms with Crippen molar-refractivity contribution in [2.24, 2.45) is 5.73 Å². The van der Waals surface area contributed by atoms with Crippen molar-refractivity contribution in [3.63, 3.8) is 0 Å². The normalized spacial score (nSPS) is 12.0. The van der Waals surface area contributed by atoms with Crippen LogP contribution in [-0.4, -0.2) is 32.7 Å². The smallest absolute Gasteiger partial charge is 0.329 e. The number of nitrogens with zero attached hydrogens (tertiary/aromatic N) is 1. The zero-order valence-corrected chi connectivity index (χ0v) is 9.31. The van der Waals surface area contributed by atoms with Crippen LogP contribution in [0.4, 0.5) is 10.1 Å². The van der Waals surface area contributed by atoms with Crippen LogP contribution in [0.2, 0.25) is 0 Å². The molecule has 16 heavy (non-hydrogen) atoms. The molecule has 1 rings (SSSR count). The van der Waals surface area contributed by atoms with E-state index in [0.29, 0.717) is 5.69 Å². The zero-order valence-electron chi connectivity index (χ0n) is 9.31. The number of hydrogen-bond acceptors (Lipinski definition) is 4. The van der Waals surface area contributed by atoms with E-state index in [0.717, 1.165) is 0 Å². The molecule has 1 aromatic carbocycles. The molecule has 1 aromatic rings. The minimum atomic E-state index is -0.560. The summed E-state index contributed by atoms with van der Waals surface area (Å²) in [4.78, 5) is 13.1. The van der Waals surface area contributed by atoms with E-state index in [1.54, 1.807) is 24.1 Å². The molecule has 1 atom stereocenters. The predicted molar refractivity (Wildman–Crippen MR) is 59.7 cm³/mol. The van der Waals surface area contributed by atoms with Gasteiger partial charge in [-0.25, -0.2) is 9.18 Å². The van der Waals surface area contributed by atoms with Crippen molar-refractivity contribution in [1.29, 1.82) is 0 Å². The highest BCUT2D eigenvalue weighted by Gasteiger charge is 2.22. The molecule has 0 aliphatic rings. The first-order valence-electron chi connectivity index (χ1n) is 4.86. The van der Waals surface area contributed by atoms with Gasteiger partial charge in [-0.1, -0.05) is 0 Å². The average molecular weight is 226 g/mol. The molecule has 0 fully saturated rings. The van der Waals surface area contributed by atoms with E-state index in [1.165, 1.54) is 19.2 Å². The number of methoxy groups -OCH3 is 1. The Bertz CT molecular complexity index is 354. The fourth-order valence-electron chi connectivity index (χ4n) is 1.40. The number of ether oxygens (including phenoxy) is 1. The lowest BCUT2D eigenvalue weighted by molar-refractivity contribution is -0.141. The van der Waals surface area contributed by atoms with Crippen LogP contribution in [0.1, 0.15) is 0 Å². The third kappa shape index (κ3) is 2.70. The monoisotopic (exact) mass is 226 g/mol. The van der Waals surface area contributed by atoms with Gasteiger partial charge in [0.05, 0.1) is 7.11 Å². The van der Waals surface area contributed by atoms with E-state index in [9.17, 15) is 9.18 Å². The first-order valence-corrected chi connectivity index (χ1v) is 4.86. The number of carbonyl (C=O) groups excluding carboxylic acids is 1. The molecule has 0 spiro atoms. The Balaban J connectivity index is 2.86. The van der Waals surface area contributed by atoms with Gasteiger partial charge in [-0.2, -0.15) is 0 Å². The van der Waals surface area contributed by atoms with Gasteiger partial charge >= 0.3 is 5.97 Å². The van der Waals surface area contributed by atoms with Gasteiger partial charge in [0.25, 0.3) is 0 Å². The fourth-order valence-corrected chi connectivity index (χ4v) is 1.40. The van der Waals surface area contributed by atoms with Crippen molar-refractivity contribution < 1.29 is 13.9 Å². The van der Waals surface area contributed by atoms with Crippen LogP contribution in [0.3, 0.4) is 0 Å². The summed E-state index contributed by atoms with van der Waals surface area (Å²) in [6, 6.07) is 5.27. The van der Waals surface area contributed by atoms with Gasteiger partial charge in [-0.15, -0.1) is 0 Å². The van der Waals surface area contributed by atoms with E-state index in [4.69, 9.17) is 5.73 Å². The number of anilines is 1. The standard InChI is InChI=1S/C11H15FN2O2/c1-14(10(7-13)11(15)16-2)9-5-3-8(12)4-6-9/h3-6,10H,7,13H2,1-2H3. The maximum atomic E-state index is 12.7. The van der Waals surface area contributed by atoms with E-state index in [1.807, 2.05) is 0 Å². The SMILES string of the molecule is COC(=O)C(CN)N(C)c1ccc(F)cc1. The molecule has 0 radical (unpaired) electrons. The number of halogens is 1. The minimum absolute atomic E-state index is 0.139. The number of hydrogen-bond donors (Lipinski definition) is 1. The van der Waals surface area contributed by atoms with Gasteiger partial charge in [-0.05, 0) is 24.3 Å². The molecule has 1 unspecified atom stereocenters. The van der Waals surface area contributed by atoms with Gasteiger partial charge in [0, 0.05) is 19.3 Å². The molecule has 0 heterocycles. The molecular formula is C11H15FN2O2. The number of benzene rings is 1. The predicted octanol–water partition coefficient (Wildman–Crippen LogP) is 0.762. The second-order valence-corrected chi connectivity index (χ2v) is 3.36. The minimum Gasteiger partial charge on any atom is -0.467 e. The molecule has 0 amide bonds. The molecule has 0 aromatic heterocycles. The lowest BCUT2D eigenvalue weighted by atomic mass is 10.2. The molecular weight excluding hydrogens is 211 g/mol. The fraction of sp³-hybridized carbons (Fsp3) is 0.364. The molecule has 0 aliphatic carbocycles. The Kier molecular flexibility index (Phi) is 4.25. The third-order valence-electron chi connectivity index (χ3n) is 2.40. The van der Waals surface area contributed by atoms with Crippen molar-refractivity contribution in [2.75, 3.05) is 25.6 Å². The average Bonchev–Trinajstić information content (AvgIpc) is 2.30. The molecule has 0 bridgehead atoms. The molecule has 5 heteroatoms. The summed E-state index contributed by atoms with van der Waals surface area (Å²) in [5.74, 6) is -0.728. The second kappa shape index (κ2) is 5.46. The van der Waals surface area contributed by atoms with E-state index >= 15 is 0 Å². The van der Waals surface area contributed by atoms with Crippen molar-refractivity contribution in [2.45, 2.75) is 6.04 Å². The van der Waals surface area contributed by atoms with Crippen LogP contribution in [0, 0.1) is 5.82 Å². The third-order valence-corrected chi connectivity index (χ3v) is 2.40. The number of esters is 1. The van der Waals surface area contributed by atoms with Crippen LogP contribution in [0.25, 0.3) is 0 Å². The summed E-state index contributed by atoms with van der Waals surface area (Å²) < 4.78 is 17.4. The van der Waals surface area contributed by atoms with Crippen molar-refractivity contribution in [1.82, 2.24) is 0 Å². The Morgan fingerprint density at radius 2 is 2.06 bits per heavy atom. The van der Waals surface area contributed by atoms with Crippen LogP contribution in [0.15, 0.2) is 24.3 Å². The Hall–Kier alpha value is -1.62. The van der Waals surface area contributed by atoms with Gasteiger partial charge in [0.2, 0.25) is 0 Å². The Morgan fingerprint density at radius 1 is 1.50 bits per heavy atom. The quantitative estimate of drug-likeness (QED) is 0.770. The van der Waals surface area contributed by atoms with Crippen LogP contribution >= 0.6 is 0 Å². The van der Waals surface area contributed by atoms with E-state index < -0.39 is 12.0 Å². The van der Waals surface area contributed by atoms with Gasteiger partial charge < -0.3 is 15.4 Å². The highest BCUT2D eigenvalue weighted by molar-refractivity contribution is 5.80. The summed E-state index contributed by atoms with van der Waals surface area (Å²) >= 11 is 0. The molecule has 0 saturated heterocycles. The van der Waals surface area contributed by atoms with Gasteiger partial charge in [-0.3, -0.25) is 0 Å². The maximum Gasteiger partial charge on any atom is 0.329 e. The van der Waals surface area contributed by atoms with Crippen LogP contribution < -0.4 is 10.6 Å². The topological polar surface area (TPSA) is 55.6 Å². The number of rotatable bonds is 4. The summed E-state index contributed by atoms with van der Waals surface area (Å²) in [7, 11) is 3.02. The molecule has 2 N–H and O–H groups in total. The highest BCUT2D eigenvalue weighted by Crippen LogP contribution is 2.15. The lowest BCUT2D eigenvalue weighted by Gasteiger charge is -2.26. The largest absolute Gasteiger partial charge is 0.467 e. The Labute approximate surface area is 93.8 Å². The molecule has 0 saturated carbocycles. The van der Waals surface area contributed by atoms with E-state index in [2.05, 4.69) is 4.74 Å². The summed E-state index contributed by atoms with van der Waals surface area (Å²) in [5, 5.41) is 0. The number of likely N-dealkylation sites (N-methyl/N-ethyl adjacent to an activating group) is 1. The number of carbonyl (C=O) groups is 1. The van der Waals surface area contributed by atoms with Crippen molar-refractivity contribution in [3.8, 4) is 0 Å². The summed E-state index contributed by atoms with van der Waals surface area (Å²) in [6.07, 6.45) is 0. The first kappa shape index (κ1) is 12.4. The van der Waals surface area contributed by atoms with Crippen LogP contribution in [-0.2, 0) is 9.53 Å². The molecule has 0 aliphatic heterocycles. The Morgan fingerprint density at radius 3 is 2.50 bits per heavy atom. The zero-order chi connectivity index (χ0) is 12.1. The summed E-state index contributed by atoms with van der Waals surface area (Å²) in [6.45, 7) is 0.139. The number of nitrogens with two attached hydrogens (primary N) is 1. The second-order valence-electron chi connectivity index (χ2n) is 3.36. The van der Waals surface area contributed by atoms with Crippen molar-refractivity contribution in [3.05, 3.63) is 30.1 Å². The molecule has 4 nitrogen and oxygen atoms in total. The van der Waals surface area contributed by atoms with E-state index in [-0.39, 0.29) is 12.4 Å². The van der Waals surface area contributed by atoms with Gasteiger partial charge in [0.15, 0.2) is 0 Å². The maximum absolute atomic E-state index is 12.7. The first-order chi connectivity index (χ1) is 7.60. The molecule has 88 valence electrons. The van der Waals surface area contributed by atoms with Crippen LogP contribution in [0.5, 0.6) is 0 Å². The summed E-state index contributed by atoms with van der Waals surface area (Å²) in [5.41, 5.74) is 6.21. The highest BCUT2D eigenvalue weighted by atomic mass is 19.1.